The van der Waals surface area contributed by atoms with E-state index in [1.807, 2.05) is 0 Å². The van der Waals surface area contributed by atoms with Gasteiger partial charge in [-0.1, -0.05) is 11.6 Å². The number of nitrogens with one attached hydrogen (secondary N) is 1. The van der Waals surface area contributed by atoms with Crippen LogP contribution in [0.4, 0.5) is 5.69 Å². The van der Waals surface area contributed by atoms with Gasteiger partial charge >= 0.3 is 0 Å². The van der Waals surface area contributed by atoms with Crippen LogP contribution in [0.2, 0.25) is 5.02 Å². The van der Waals surface area contributed by atoms with Crippen molar-refractivity contribution in [2.45, 2.75) is 6.54 Å². The van der Waals surface area contributed by atoms with E-state index in [0.29, 0.717) is 11.5 Å². The van der Waals surface area contributed by atoms with Crippen LogP contribution < -0.4 is 14.8 Å². The first-order valence-corrected chi connectivity index (χ1v) is 7.26. The minimum Gasteiger partial charge on any atom is -0.497 e. The first kappa shape index (κ1) is 17.6. The molecule has 24 heavy (non-hydrogen) atoms. The van der Waals surface area contributed by atoms with Crippen molar-refractivity contribution in [2.24, 2.45) is 0 Å². The maximum atomic E-state index is 12.2. The molecule has 0 bridgehead atoms. The second-order valence-corrected chi connectivity index (χ2v) is 5.26. The Balaban J connectivity index is 2.18. The number of benzene rings is 2. The summed E-state index contributed by atoms with van der Waals surface area (Å²) in [5.41, 5.74) is 0.332. The van der Waals surface area contributed by atoms with Crippen LogP contribution in [0.15, 0.2) is 36.4 Å². The fraction of sp³-hybridized carbons (Fsp3) is 0.188. The van der Waals surface area contributed by atoms with Crippen LogP contribution in [0, 0.1) is 10.1 Å². The van der Waals surface area contributed by atoms with Crippen molar-refractivity contribution in [3.8, 4) is 11.5 Å². The maximum absolute atomic E-state index is 12.2. The molecule has 0 heterocycles. The second kappa shape index (κ2) is 7.65. The Labute approximate surface area is 143 Å². The number of rotatable bonds is 6. The van der Waals surface area contributed by atoms with E-state index in [1.165, 1.54) is 26.4 Å². The van der Waals surface area contributed by atoms with Crippen LogP contribution in [0.3, 0.4) is 0 Å². The molecule has 0 aliphatic rings. The van der Waals surface area contributed by atoms with Crippen LogP contribution in [-0.4, -0.2) is 25.1 Å². The predicted octanol–water partition coefficient (Wildman–Crippen LogP) is 3.20. The molecule has 7 nitrogen and oxygen atoms in total. The first-order chi connectivity index (χ1) is 11.4. The second-order valence-electron chi connectivity index (χ2n) is 4.82. The van der Waals surface area contributed by atoms with E-state index in [-0.39, 0.29) is 22.8 Å². The quantitative estimate of drug-likeness (QED) is 0.638. The normalized spacial score (nSPS) is 10.1. The van der Waals surface area contributed by atoms with Gasteiger partial charge < -0.3 is 14.8 Å². The number of ether oxygens (including phenoxy) is 2. The minimum atomic E-state index is -0.643. The Morgan fingerprint density at radius 1 is 1.17 bits per heavy atom. The van der Waals surface area contributed by atoms with Gasteiger partial charge in [0.05, 0.1) is 19.1 Å². The van der Waals surface area contributed by atoms with Crippen molar-refractivity contribution in [2.75, 3.05) is 14.2 Å². The molecule has 0 aliphatic carbocycles. The summed E-state index contributed by atoms with van der Waals surface area (Å²) in [4.78, 5) is 22.7. The summed E-state index contributed by atoms with van der Waals surface area (Å²) in [5, 5.41) is 13.9. The smallest absolute Gasteiger partial charge is 0.283 e. The largest absolute Gasteiger partial charge is 0.497 e. The minimum absolute atomic E-state index is 0.0562. The number of hydrogen-bond acceptors (Lipinski definition) is 5. The van der Waals surface area contributed by atoms with Crippen LogP contribution in [0.5, 0.6) is 11.5 Å². The summed E-state index contributed by atoms with van der Waals surface area (Å²) in [6, 6.07) is 9.07. The molecular weight excluding hydrogens is 336 g/mol. The molecule has 0 aromatic heterocycles. The van der Waals surface area contributed by atoms with Gasteiger partial charge in [-0.15, -0.1) is 0 Å². The van der Waals surface area contributed by atoms with Crippen molar-refractivity contribution in [3.63, 3.8) is 0 Å². The van der Waals surface area contributed by atoms with E-state index < -0.39 is 10.8 Å². The number of halogens is 1. The number of nitro groups is 1. The molecule has 2 aromatic rings. The molecule has 126 valence electrons. The highest BCUT2D eigenvalue weighted by Gasteiger charge is 2.20. The average Bonchev–Trinajstić information content (AvgIpc) is 2.59. The topological polar surface area (TPSA) is 90.7 Å². The van der Waals surface area contributed by atoms with Crippen molar-refractivity contribution in [1.29, 1.82) is 0 Å². The number of methoxy groups -OCH3 is 2. The Hall–Kier alpha value is -2.80. The number of nitrogens with zero attached hydrogens (tertiary/aromatic N) is 1. The third kappa shape index (κ3) is 4.14. The summed E-state index contributed by atoms with van der Waals surface area (Å²) in [6.45, 7) is 0.159. The SMILES string of the molecule is COc1cc(CNC(=O)c2ccc(Cl)cc2[N+](=O)[O-])cc(OC)c1. The zero-order chi connectivity index (χ0) is 17.7. The summed E-state index contributed by atoms with van der Waals surface area (Å²) in [6.07, 6.45) is 0. The van der Waals surface area contributed by atoms with E-state index in [9.17, 15) is 14.9 Å². The molecule has 2 aromatic carbocycles. The molecule has 0 spiro atoms. The Bertz CT molecular complexity index is 757. The number of nitro benzene ring substituents is 1. The lowest BCUT2D eigenvalue weighted by Gasteiger charge is -2.10. The molecule has 2 rings (SSSR count). The van der Waals surface area contributed by atoms with Crippen molar-refractivity contribution >= 4 is 23.2 Å². The Morgan fingerprint density at radius 3 is 2.33 bits per heavy atom. The van der Waals surface area contributed by atoms with Crippen molar-refractivity contribution < 1.29 is 19.2 Å². The highest BCUT2D eigenvalue weighted by Crippen LogP contribution is 2.24. The van der Waals surface area contributed by atoms with Gasteiger partial charge in [0, 0.05) is 23.7 Å². The average molecular weight is 351 g/mol. The Kier molecular flexibility index (Phi) is 5.59. The number of carbonyl (C=O) groups is 1. The van der Waals surface area contributed by atoms with Gasteiger partial charge in [0.25, 0.3) is 11.6 Å². The molecule has 0 saturated heterocycles. The highest BCUT2D eigenvalue weighted by molar-refractivity contribution is 6.31. The molecule has 0 unspecified atom stereocenters. The molecule has 1 N–H and O–H groups in total. The van der Waals surface area contributed by atoms with Gasteiger partial charge in [0.1, 0.15) is 17.1 Å². The number of carbonyl (C=O) groups excluding carboxylic acids is 1. The van der Waals surface area contributed by atoms with Crippen molar-refractivity contribution in [1.82, 2.24) is 5.32 Å². The molecule has 0 aliphatic heterocycles. The molecule has 8 heteroatoms. The van der Waals surface area contributed by atoms with Gasteiger partial charge in [0.15, 0.2) is 0 Å². The summed E-state index contributed by atoms with van der Waals surface area (Å²) in [7, 11) is 3.04. The lowest BCUT2D eigenvalue weighted by Crippen LogP contribution is -2.23. The zero-order valence-electron chi connectivity index (χ0n) is 13.0. The van der Waals surface area contributed by atoms with E-state index in [2.05, 4.69) is 5.32 Å². The molecule has 0 atom stereocenters. The fourth-order valence-electron chi connectivity index (χ4n) is 2.09. The lowest BCUT2D eigenvalue weighted by atomic mass is 10.1. The van der Waals surface area contributed by atoms with Crippen LogP contribution in [0.1, 0.15) is 15.9 Å². The van der Waals surface area contributed by atoms with Crippen LogP contribution in [-0.2, 0) is 6.54 Å². The summed E-state index contributed by atoms with van der Waals surface area (Å²) in [5.74, 6) is 0.590. The van der Waals surface area contributed by atoms with Gasteiger partial charge in [-0.2, -0.15) is 0 Å². The van der Waals surface area contributed by atoms with Crippen molar-refractivity contribution in [3.05, 3.63) is 62.7 Å². The molecule has 1 amide bonds. The van der Waals surface area contributed by atoms with E-state index >= 15 is 0 Å². The third-order valence-corrected chi connectivity index (χ3v) is 3.50. The third-order valence-electron chi connectivity index (χ3n) is 3.27. The number of hydrogen-bond donors (Lipinski definition) is 1. The monoisotopic (exact) mass is 350 g/mol. The molecule has 0 radical (unpaired) electrons. The van der Waals surface area contributed by atoms with Crippen LogP contribution in [0.25, 0.3) is 0 Å². The standard InChI is InChI=1S/C16H15ClN2O5/c1-23-12-5-10(6-13(8-12)24-2)9-18-16(20)14-4-3-11(17)7-15(14)19(21)22/h3-8H,9H2,1-2H3,(H,18,20). The molecular formula is C16H15ClN2O5. The fourth-order valence-corrected chi connectivity index (χ4v) is 2.26. The van der Waals surface area contributed by atoms with E-state index in [1.54, 1.807) is 18.2 Å². The maximum Gasteiger partial charge on any atom is 0.283 e. The van der Waals surface area contributed by atoms with Gasteiger partial charge in [0.2, 0.25) is 0 Å². The van der Waals surface area contributed by atoms with Gasteiger partial charge in [-0.3, -0.25) is 14.9 Å². The summed E-state index contributed by atoms with van der Waals surface area (Å²) < 4.78 is 10.3. The highest BCUT2D eigenvalue weighted by atomic mass is 35.5. The molecule has 0 fully saturated rings. The lowest BCUT2D eigenvalue weighted by molar-refractivity contribution is -0.385. The van der Waals surface area contributed by atoms with E-state index in [4.69, 9.17) is 21.1 Å². The number of amides is 1. The summed E-state index contributed by atoms with van der Waals surface area (Å²) >= 11 is 5.74. The first-order valence-electron chi connectivity index (χ1n) is 6.88. The zero-order valence-corrected chi connectivity index (χ0v) is 13.8. The van der Waals surface area contributed by atoms with Gasteiger partial charge in [-0.25, -0.2) is 0 Å². The molecule has 0 saturated carbocycles. The predicted molar refractivity (Wildman–Crippen MR) is 88.8 cm³/mol. The van der Waals surface area contributed by atoms with Crippen LogP contribution >= 0.6 is 11.6 Å². The van der Waals surface area contributed by atoms with Gasteiger partial charge in [-0.05, 0) is 29.8 Å². The Morgan fingerprint density at radius 2 is 1.79 bits per heavy atom. The van der Waals surface area contributed by atoms with E-state index in [0.717, 1.165) is 11.6 Å².